The molecule has 0 aromatic heterocycles. The molecule has 43 heavy (non-hydrogen) atoms. The molecular weight excluding hydrogens is 519 g/mol. The zero-order chi connectivity index (χ0) is 29.2. The minimum Gasteiger partial charge on any atom is -0.311 e. The van der Waals surface area contributed by atoms with Gasteiger partial charge in [-0.1, -0.05) is 79.9 Å². The molecule has 1 saturated carbocycles. The van der Waals surface area contributed by atoms with Crippen molar-refractivity contribution in [2.75, 3.05) is 9.80 Å². The molecule has 212 valence electrons. The average Bonchev–Trinajstić information content (AvgIpc) is 3.02. The van der Waals surface area contributed by atoms with Crippen LogP contribution in [0.25, 0.3) is 0 Å². The van der Waals surface area contributed by atoms with Crippen LogP contribution in [-0.2, 0) is 0 Å². The van der Waals surface area contributed by atoms with E-state index < -0.39 is 0 Å². The van der Waals surface area contributed by atoms with Gasteiger partial charge in [-0.25, -0.2) is 0 Å². The topological polar surface area (TPSA) is 6.48 Å². The molecule has 1 aliphatic carbocycles. The molecule has 0 spiro atoms. The molecule has 2 aliphatic heterocycles. The van der Waals surface area contributed by atoms with Gasteiger partial charge in [0.2, 0.25) is 0 Å². The quantitative estimate of drug-likeness (QED) is 0.200. The minimum atomic E-state index is 0.178. The monoisotopic (exact) mass is 558 g/mol. The maximum absolute atomic E-state index is 2.59. The third-order valence-corrected chi connectivity index (χ3v) is 10.2. The molecule has 0 N–H and O–H groups in total. The van der Waals surface area contributed by atoms with Crippen molar-refractivity contribution in [2.45, 2.75) is 65.7 Å². The Labute approximate surface area is 257 Å². The van der Waals surface area contributed by atoms with E-state index in [1.807, 2.05) is 0 Å². The first-order valence-electron chi connectivity index (χ1n) is 16.1. The molecule has 1 fully saturated rings. The van der Waals surface area contributed by atoms with E-state index in [1.165, 1.54) is 110 Å². The second kappa shape index (κ2) is 10.2. The van der Waals surface area contributed by atoms with E-state index in [0.717, 1.165) is 0 Å². The number of benzene rings is 5. The van der Waals surface area contributed by atoms with E-state index >= 15 is 0 Å². The van der Waals surface area contributed by atoms with Gasteiger partial charge in [0.25, 0.3) is 6.71 Å². The number of fused-ring (bicyclic) bond motifs is 4. The Morgan fingerprint density at radius 3 is 1.49 bits per heavy atom. The predicted molar refractivity (Wildman–Crippen MR) is 185 cm³/mol. The maximum atomic E-state index is 2.59. The number of anilines is 6. The fraction of sp³-hybridized carbons (Fsp3) is 0.250. The van der Waals surface area contributed by atoms with Crippen molar-refractivity contribution >= 4 is 57.2 Å². The van der Waals surface area contributed by atoms with Crippen LogP contribution in [0.3, 0.4) is 0 Å². The summed E-state index contributed by atoms with van der Waals surface area (Å²) in [5.74, 6) is 0.601. The zero-order valence-corrected chi connectivity index (χ0v) is 25.8. The van der Waals surface area contributed by atoms with E-state index in [0.29, 0.717) is 5.92 Å². The summed E-state index contributed by atoms with van der Waals surface area (Å²) in [4.78, 5) is 5.18. The van der Waals surface area contributed by atoms with Gasteiger partial charge in [-0.15, -0.1) is 0 Å². The molecule has 5 aromatic carbocycles. The Balaban J connectivity index is 1.51. The zero-order valence-electron chi connectivity index (χ0n) is 25.8. The first kappa shape index (κ1) is 26.4. The fourth-order valence-corrected chi connectivity index (χ4v) is 8.05. The molecule has 3 heteroatoms. The normalized spacial score (nSPS) is 15.7. The van der Waals surface area contributed by atoms with Crippen LogP contribution in [0.2, 0.25) is 0 Å². The molecule has 0 bridgehead atoms. The van der Waals surface area contributed by atoms with E-state index in [-0.39, 0.29) is 6.71 Å². The molecule has 5 aromatic rings. The molecule has 8 rings (SSSR count). The lowest BCUT2D eigenvalue weighted by atomic mass is 9.33. The molecule has 0 unspecified atom stereocenters. The molecule has 0 radical (unpaired) electrons. The Morgan fingerprint density at radius 2 is 1.00 bits per heavy atom. The lowest BCUT2D eigenvalue weighted by Crippen LogP contribution is -2.61. The summed E-state index contributed by atoms with van der Waals surface area (Å²) in [6, 6.07) is 37.2. The molecule has 3 aliphatic rings. The molecule has 2 heterocycles. The molecule has 0 saturated heterocycles. The van der Waals surface area contributed by atoms with Crippen LogP contribution in [0.5, 0.6) is 0 Å². The predicted octanol–water partition coefficient (Wildman–Crippen LogP) is 9.05. The first-order chi connectivity index (χ1) is 21.0. The van der Waals surface area contributed by atoms with Gasteiger partial charge < -0.3 is 9.80 Å². The largest absolute Gasteiger partial charge is 0.311 e. The third kappa shape index (κ3) is 4.16. The molecule has 0 atom stereocenters. The lowest BCUT2D eigenvalue weighted by molar-refractivity contribution is 0.444. The van der Waals surface area contributed by atoms with Gasteiger partial charge in [0.15, 0.2) is 0 Å². The van der Waals surface area contributed by atoms with Crippen LogP contribution < -0.4 is 26.2 Å². The second-order valence-electron chi connectivity index (χ2n) is 13.1. The number of hydrogen-bond donors (Lipinski definition) is 0. The van der Waals surface area contributed by atoms with Gasteiger partial charge in [-0.3, -0.25) is 0 Å². The fourth-order valence-electron chi connectivity index (χ4n) is 8.05. The molecule has 0 amide bonds. The van der Waals surface area contributed by atoms with Crippen molar-refractivity contribution in [1.82, 2.24) is 0 Å². The van der Waals surface area contributed by atoms with Crippen LogP contribution in [0.4, 0.5) is 34.1 Å². The number of para-hydroxylation sites is 2. The summed E-state index contributed by atoms with van der Waals surface area (Å²) in [5.41, 5.74) is 18.8. The van der Waals surface area contributed by atoms with Crippen LogP contribution in [0, 0.1) is 27.7 Å². The highest BCUT2D eigenvalue weighted by Gasteiger charge is 2.44. The van der Waals surface area contributed by atoms with Gasteiger partial charge in [-0.05, 0) is 127 Å². The smallest absolute Gasteiger partial charge is 0.252 e. The molecular formula is C40H39BN2. The van der Waals surface area contributed by atoms with E-state index in [9.17, 15) is 0 Å². The third-order valence-electron chi connectivity index (χ3n) is 10.2. The van der Waals surface area contributed by atoms with Crippen molar-refractivity contribution < 1.29 is 0 Å². The molecule has 2 nitrogen and oxygen atoms in total. The Hall–Kier alpha value is -4.24. The minimum absolute atomic E-state index is 0.178. The van der Waals surface area contributed by atoms with Crippen molar-refractivity contribution in [2.24, 2.45) is 0 Å². The van der Waals surface area contributed by atoms with E-state index in [2.05, 4.69) is 135 Å². The SMILES string of the molecule is Cc1ccc2c(c1)N(c1ccccc1C)c1cc(C3CCCCC3)cc3c1B2c1ccc(C)cc1N3c1ccccc1C. The number of rotatable bonds is 3. The van der Waals surface area contributed by atoms with E-state index in [1.54, 1.807) is 0 Å². The highest BCUT2D eigenvalue weighted by Crippen LogP contribution is 2.47. The lowest BCUT2D eigenvalue weighted by Gasteiger charge is -2.45. The van der Waals surface area contributed by atoms with Crippen molar-refractivity contribution in [3.05, 3.63) is 125 Å². The standard InChI is InChI=1S/C40H39BN2/c1-26-18-20-32-36(22-26)42(34-16-10-8-12-28(34)3)38-24-31(30-14-6-5-7-15-30)25-39-40(38)41(32)33-21-19-27(2)23-37(33)43(39)35-17-11-9-13-29(35)4/h8-13,16-25,30H,5-7,14-15H2,1-4H3. The van der Waals surface area contributed by atoms with Crippen molar-refractivity contribution in [3.63, 3.8) is 0 Å². The number of hydrogen-bond acceptors (Lipinski definition) is 2. The van der Waals surface area contributed by atoms with Crippen molar-refractivity contribution in [3.8, 4) is 0 Å². The summed E-state index contributed by atoms with van der Waals surface area (Å²) in [6.07, 6.45) is 6.57. The van der Waals surface area contributed by atoms with Gasteiger partial charge in [-0.2, -0.15) is 0 Å². The average molecular weight is 559 g/mol. The second-order valence-corrected chi connectivity index (χ2v) is 13.1. The Kier molecular flexibility index (Phi) is 6.26. The van der Waals surface area contributed by atoms with Gasteiger partial charge >= 0.3 is 0 Å². The van der Waals surface area contributed by atoms with Crippen molar-refractivity contribution in [1.29, 1.82) is 0 Å². The van der Waals surface area contributed by atoms with E-state index in [4.69, 9.17) is 0 Å². The summed E-state index contributed by atoms with van der Waals surface area (Å²) >= 11 is 0. The van der Waals surface area contributed by atoms with Gasteiger partial charge in [0.1, 0.15) is 0 Å². The number of aryl methyl sites for hydroxylation is 4. The van der Waals surface area contributed by atoms with Crippen LogP contribution in [-0.4, -0.2) is 6.71 Å². The first-order valence-corrected chi connectivity index (χ1v) is 16.1. The highest BCUT2D eigenvalue weighted by molar-refractivity contribution is 7.00. The van der Waals surface area contributed by atoms with Crippen LogP contribution >= 0.6 is 0 Å². The van der Waals surface area contributed by atoms with Gasteiger partial charge in [0, 0.05) is 34.1 Å². The summed E-state index contributed by atoms with van der Waals surface area (Å²) in [6.45, 7) is 9.15. The maximum Gasteiger partial charge on any atom is 0.252 e. The van der Waals surface area contributed by atoms with Gasteiger partial charge in [0.05, 0.1) is 0 Å². The Bertz CT molecular complexity index is 1760. The van der Waals surface area contributed by atoms with Crippen LogP contribution in [0.15, 0.2) is 97.1 Å². The summed E-state index contributed by atoms with van der Waals surface area (Å²) in [7, 11) is 0. The summed E-state index contributed by atoms with van der Waals surface area (Å²) < 4.78 is 0. The highest BCUT2D eigenvalue weighted by atomic mass is 15.2. The van der Waals surface area contributed by atoms with Crippen LogP contribution in [0.1, 0.15) is 65.8 Å². The summed E-state index contributed by atoms with van der Waals surface area (Å²) in [5, 5.41) is 0. The number of nitrogens with zero attached hydrogens (tertiary/aromatic N) is 2. The Morgan fingerprint density at radius 1 is 0.512 bits per heavy atom.